The van der Waals surface area contributed by atoms with Crippen LogP contribution in [-0.4, -0.2) is 38.0 Å². The molecule has 1 saturated heterocycles. The number of anilines is 1. The van der Waals surface area contributed by atoms with Crippen molar-refractivity contribution in [1.82, 2.24) is 5.43 Å². The summed E-state index contributed by atoms with van der Waals surface area (Å²) in [4.78, 5) is 1.29. The molecule has 3 heterocycles. The zero-order chi connectivity index (χ0) is 25.6. The van der Waals surface area contributed by atoms with Crippen LogP contribution in [0.4, 0.5) is 23.2 Å². The zero-order valence-electron chi connectivity index (χ0n) is 20.3. The molecule has 3 aliphatic heterocycles. The molecule has 5 rings (SSSR count). The van der Waals surface area contributed by atoms with E-state index in [-0.39, 0.29) is 13.0 Å². The summed E-state index contributed by atoms with van der Waals surface area (Å²) in [5.41, 5.74) is 2.24. The Labute approximate surface area is 207 Å². The van der Waals surface area contributed by atoms with Crippen LogP contribution in [0, 0.1) is 5.82 Å². The molecule has 194 valence electrons. The van der Waals surface area contributed by atoms with Gasteiger partial charge in [0.15, 0.2) is 0 Å². The Balaban J connectivity index is 1.37. The van der Waals surface area contributed by atoms with Crippen LogP contribution in [0.15, 0.2) is 41.5 Å². The fourth-order valence-corrected chi connectivity index (χ4v) is 5.40. The summed E-state index contributed by atoms with van der Waals surface area (Å²) < 4.78 is 73.9. The molecule has 0 amide bonds. The molecule has 36 heavy (non-hydrogen) atoms. The molecule has 10 heteroatoms. The van der Waals surface area contributed by atoms with Crippen molar-refractivity contribution in [3.05, 3.63) is 58.9 Å². The maximum atomic E-state index is 14.5. The predicted octanol–water partition coefficient (Wildman–Crippen LogP) is 5.39. The summed E-state index contributed by atoms with van der Waals surface area (Å²) in [5, 5.41) is 4.01. The van der Waals surface area contributed by atoms with E-state index >= 15 is 0 Å². The van der Waals surface area contributed by atoms with E-state index in [9.17, 15) is 17.6 Å². The van der Waals surface area contributed by atoms with Gasteiger partial charge in [0.25, 0.3) is 0 Å². The highest BCUT2D eigenvalue weighted by atomic mass is 19.4. The molecular formula is C26H29F4N3O3. The van der Waals surface area contributed by atoms with E-state index in [1.165, 1.54) is 24.0 Å². The van der Waals surface area contributed by atoms with Gasteiger partial charge in [-0.3, -0.25) is 10.3 Å². The average Bonchev–Trinajstić information content (AvgIpc) is 3.28. The molecule has 1 fully saturated rings. The van der Waals surface area contributed by atoms with E-state index in [1.54, 1.807) is 25.3 Å². The second kappa shape index (κ2) is 9.23. The quantitative estimate of drug-likeness (QED) is 0.531. The number of benzene rings is 2. The molecular weight excluding hydrogens is 478 g/mol. The highest BCUT2D eigenvalue weighted by Gasteiger charge is 2.62. The van der Waals surface area contributed by atoms with Crippen molar-refractivity contribution in [3.63, 3.8) is 0 Å². The number of ether oxygens (including phenoxy) is 3. The Kier molecular flexibility index (Phi) is 6.36. The molecule has 3 aliphatic rings. The Bertz CT molecular complexity index is 1160. The first-order valence-electron chi connectivity index (χ1n) is 12.1. The number of fused-ring (bicyclic) bond motifs is 3. The lowest BCUT2D eigenvalue weighted by atomic mass is 9.86. The van der Waals surface area contributed by atoms with Crippen molar-refractivity contribution in [1.29, 1.82) is 0 Å². The van der Waals surface area contributed by atoms with Crippen LogP contribution in [-0.2, 0) is 28.1 Å². The highest BCUT2D eigenvalue weighted by molar-refractivity contribution is 6.03. The number of alkyl halides is 3. The molecule has 1 N–H and O–H groups in total. The maximum absolute atomic E-state index is 14.5. The van der Waals surface area contributed by atoms with Crippen molar-refractivity contribution < 1.29 is 31.8 Å². The SMILES string of the molecule is CCC1(C(F)(F)F)NN=C2CCc3cc(COc4cc(F)cc(C5(OC)CCOCC5)c4)ccc3N21. The van der Waals surface area contributed by atoms with Crippen molar-refractivity contribution in [2.75, 3.05) is 25.2 Å². The average molecular weight is 508 g/mol. The van der Waals surface area contributed by atoms with Gasteiger partial charge < -0.3 is 14.2 Å². The number of hydrogen-bond acceptors (Lipinski definition) is 6. The Hall–Kier alpha value is -2.85. The van der Waals surface area contributed by atoms with Crippen LogP contribution in [0.5, 0.6) is 5.75 Å². The lowest BCUT2D eigenvalue weighted by molar-refractivity contribution is -0.192. The lowest BCUT2D eigenvalue weighted by Crippen LogP contribution is -2.64. The van der Waals surface area contributed by atoms with E-state index in [0.29, 0.717) is 61.7 Å². The van der Waals surface area contributed by atoms with Crippen molar-refractivity contribution >= 4 is 11.5 Å². The molecule has 2 aromatic carbocycles. The van der Waals surface area contributed by atoms with E-state index < -0.39 is 23.3 Å². The molecule has 0 aliphatic carbocycles. The van der Waals surface area contributed by atoms with Crippen LogP contribution in [0.25, 0.3) is 0 Å². The number of hydrogen-bond donors (Lipinski definition) is 1. The number of methoxy groups -OCH3 is 1. The predicted molar refractivity (Wildman–Crippen MR) is 126 cm³/mol. The van der Waals surface area contributed by atoms with Gasteiger partial charge in [-0.1, -0.05) is 19.1 Å². The fraction of sp³-hybridized carbons (Fsp3) is 0.500. The molecule has 6 nitrogen and oxygen atoms in total. The lowest BCUT2D eigenvalue weighted by Gasteiger charge is -2.42. The van der Waals surface area contributed by atoms with Crippen LogP contribution in [0.1, 0.15) is 49.3 Å². The molecule has 0 aromatic heterocycles. The molecule has 1 unspecified atom stereocenters. The standard InChI is InChI=1S/C26H29F4N3O3/c1-3-25(26(28,29)30)32-31-23-7-5-18-12-17(4-6-22(18)33(23)25)16-36-21-14-19(13-20(27)15-21)24(34-2)8-10-35-11-9-24/h4,6,12-15,32H,3,5,7-11,16H2,1-2H3. The van der Waals surface area contributed by atoms with E-state index in [1.807, 2.05) is 6.07 Å². The Morgan fingerprint density at radius 1 is 1.11 bits per heavy atom. The second-order valence-corrected chi connectivity index (χ2v) is 9.42. The van der Waals surface area contributed by atoms with E-state index in [0.717, 1.165) is 11.1 Å². The summed E-state index contributed by atoms with van der Waals surface area (Å²) in [6.45, 7) is 2.71. The van der Waals surface area contributed by atoms with Gasteiger partial charge in [0.05, 0.1) is 5.60 Å². The van der Waals surface area contributed by atoms with Crippen LogP contribution in [0.3, 0.4) is 0 Å². The first-order valence-corrected chi connectivity index (χ1v) is 12.1. The third kappa shape index (κ3) is 4.10. The van der Waals surface area contributed by atoms with Crippen LogP contribution >= 0.6 is 0 Å². The van der Waals surface area contributed by atoms with Gasteiger partial charge in [-0.25, -0.2) is 4.39 Å². The molecule has 0 bridgehead atoms. The first kappa shape index (κ1) is 24.8. The molecule has 1 atom stereocenters. The minimum absolute atomic E-state index is 0.149. The summed E-state index contributed by atoms with van der Waals surface area (Å²) >= 11 is 0. The number of nitrogens with zero attached hydrogens (tertiary/aromatic N) is 2. The molecule has 0 saturated carbocycles. The summed E-state index contributed by atoms with van der Waals surface area (Å²) in [5.74, 6) is 0.330. The monoisotopic (exact) mass is 507 g/mol. The van der Waals surface area contributed by atoms with Gasteiger partial charge in [0, 0.05) is 51.3 Å². The summed E-state index contributed by atoms with van der Waals surface area (Å²) in [6, 6.07) is 9.86. The number of nitrogens with one attached hydrogen (secondary N) is 1. The first-order chi connectivity index (χ1) is 17.2. The van der Waals surface area contributed by atoms with Gasteiger partial charge in [0.1, 0.15) is 24.0 Å². The third-order valence-electron chi connectivity index (χ3n) is 7.49. The maximum Gasteiger partial charge on any atom is 0.432 e. The molecule has 2 aromatic rings. The minimum atomic E-state index is -4.51. The molecule has 0 spiro atoms. The number of aryl methyl sites for hydroxylation is 1. The third-order valence-corrected chi connectivity index (χ3v) is 7.49. The van der Waals surface area contributed by atoms with Gasteiger partial charge in [0.2, 0.25) is 5.66 Å². The minimum Gasteiger partial charge on any atom is -0.489 e. The number of rotatable bonds is 6. The normalized spacial score (nSPS) is 22.9. The molecule has 0 radical (unpaired) electrons. The largest absolute Gasteiger partial charge is 0.489 e. The number of hydrazone groups is 1. The van der Waals surface area contributed by atoms with Gasteiger partial charge in [-0.15, -0.1) is 0 Å². The zero-order valence-corrected chi connectivity index (χ0v) is 20.3. The summed E-state index contributed by atoms with van der Waals surface area (Å²) in [6.07, 6.45) is -2.50. The van der Waals surface area contributed by atoms with Crippen molar-refractivity contribution in [2.45, 2.75) is 63.1 Å². The van der Waals surface area contributed by atoms with Crippen LogP contribution in [0.2, 0.25) is 0 Å². The highest BCUT2D eigenvalue weighted by Crippen LogP contribution is 2.45. The van der Waals surface area contributed by atoms with Gasteiger partial charge >= 0.3 is 6.18 Å². The Morgan fingerprint density at radius 3 is 2.58 bits per heavy atom. The Morgan fingerprint density at radius 2 is 1.89 bits per heavy atom. The second-order valence-electron chi connectivity index (χ2n) is 9.42. The van der Waals surface area contributed by atoms with E-state index in [4.69, 9.17) is 14.2 Å². The summed E-state index contributed by atoms with van der Waals surface area (Å²) in [7, 11) is 1.61. The van der Waals surface area contributed by atoms with Gasteiger partial charge in [-0.05, 0) is 47.7 Å². The fourth-order valence-electron chi connectivity index (χ4n) is 5.40. The van der Waals surface area contributed by atoms with E-state index in [2.05, 4.69) is 10.5 Å². The number of amidine groups is 1. The van der Waals surface area contributed by atoms with Gasteiger partial charge in [-0.2, -0.15) is 18.3 Å². The topological polar surface area (TPSA) is 55.3 Å². The van der Waals surface area contributed by atoms with Crippen molar-refractivity contribution in [3.8, 4) is 5.75 Å². The van der Waals surface area contributed by atoms with Crippen molar-refractivity contribution in [2.24, 2.45) is 5.10 Å². The smallest absolute Gasteiger partial charge is 0.432 e. The number of halogens is 4. The van der Waals surface area contributed by atoms with Crippen LogP contribution < -0.4 is 15.1 Å².